The highest BCUT2D eigenvalue weighted by molar-refractivity contribution is 7.09. The van der Waals surface area contributed by atoms with Crippen molar-refractivity contribution in [2.45, 2.75) is 12.6 Å². The van der Waals surface area contributed by atoms with Crippen LogP contribution in [0.2, 0.25) is 10.0 Å². The van der Waals surface area contributed by atoms with Gasteiger partial charge < -0.3 is 14.7 Å². The zero-order chi connectivity index (χ0) is 22.1. The number of likely N-dealkylation sites (tertiary alicyclic amines) is 1. The number of hydrogen-bond donors (Lipinski definition) is 1. The van der Waals surface area contributed by atoms with E-state index >= 15 is 0 Å². The zero-order valence-electron chi connectivity index (χ0n) is 16.3. The minimum atomic E-state index is -0.762. The van der Waals surface area contributed by atoms with Gasteiger partial charge in [-0.05, 0) is 47.3 Å². The number of nitrogens with zero attached hydrogens (tertiary/aromatic N) is 1. The quantitative estimate of drug-likeness (QED) is 0.293. The summed E-state index contributed by atoms with van der Waals surface area (Å²) in [5.41, 5.74) is 0.991. The number of ketones is 1. The van der Waals surface area contributed by atoms with Crippen LogP contribution in [0.25, 0.3) is 5.76 Å². The first-order chi connectivity index (χ1) is 14.9. The lowest BCUT2D eigenvalue weighted by Gasteiger charge is -2.25. The standard InChI is InChI=1S/C23H17Cl2NO4S/c1-30-15-7-4-13(5-8-15)20-19(21(27)14-6-9-17(24)18(25)11-14)22(28)23(29)26(20)12-16-3-2-10-31-16/h2-11,20,27H,12H2,1H3/b21-19-. The van der Waals surface area contributed by atoms with E-state index in [1.165, 1.54) is 28.4 Å². The number of Topliss-reactive ketones (excluding diaryl/α,β-unsaturated/α-hetero) is 1. The summed E-state index contributed by atoms with van der Waals surface area (Å²) in [4.78, 5) is 28.4. The van der Waals surface area contributed by atoms with Crippen molar-refractivity contribution in [3.05, 3.63) is 91.6 Å². The Kier molecular flexibility index (Phi) is 6.05. The first-order valence-electron chi connectivity index (χ1n) is 9.31. The molecular formula is C23H17Cl2NO4S. The Morgan fingerprint density at radius 3 is 2.45 bits per heavy atom. The summed E-state index contributed by atoms with van der Waals surface area (Å²) in [5, 5.41) is 13.5. The number of aliphatic hydroxyl groups is 1. The van der Waals surface area contributed by atoms with Crippen LogP contribution in [0.15, 0.2) is 65.6 Å². The molecular weight excluding hydrogens is 457 g/mol. The number of ether oxygens (including phenoxy) is 1. The van der Waals surface area contributed by atoms with Crippen LogP contribution in [-0.2, 0) is 16.1 Å². The van der Waals surface area contributed by atoms with E-state index in [0.717, 1.165) is 4.88 Å². The Labute approximate surface area is 193 Å². The maximum atomic E-state index is 13.0. The maximum Gasteiger partial charge on any atom is 0.295 e. The average Bonchev–Trinajstić information content (AvgIpc) is 3.38. The van der Waals surface area contributed by atoms with Crippen molar-refractivity contribution in [3.63, 3.8) is 0 Å². The summed E-state index contributed by atoms with van der Waals surface area (Å²) >= 11 is 13.6. The van der Waals surface area contributed by atoms with Gasteiger partial charge in [0.1, 0.15) is 11.5 Å². The largest absolute Gasteiger partial charge is 0.507 e. The lowest BCUT2D eigenvalue weighted by atomic mass is 9.95. The minimum absolute atomic E-state index is 0.00473. The molecule has 4 rings (SSSR count). The minimum Gasteiger partial charge on any atom is -0.507 e. The molecule has 8 heteroatoms. The van der Waals surface area contributed by atoms with Crippen LogP contribution in [-0.4, -0.2) is 28.8 Å². The van der Waals surface area contributed by atoms with Crippen molar-refractivity contribution >= 4 is 52.0 Å². The van der Waals surface area contributed by atoms with Gasteiger partial charge in [-0.3, -0.25) is 9.59 Å². The molecule has 31 heavy (non-hydrogen) atoms. The van der Waals surface area contributed by atoms with Crippen molar-refractivity contribution < 1.29 is 19.4 Å². The van der Waals surface area contributed by atoms with E-state index in [1.54, 1.807) is 37.4 Å². The summed E-state index contributed by atoms with van der Waals surface area (Å²) in [5.74, 6) is -1.08. The average molecular weight is 474 g/mol. The van der Waals surface area contributed by atoms with Crippen LogP contribution in [0.3, 0.4) is 0 Å². The molecule has 0 spiro atoms. The number of rotatable bonds is 5. The van der Waals surface area contributed by atoms with E-state index in [-0.39, 0.29) is 22.9 Å². The number of methoxy groups -OCH3 is 1. The summed E-state index contributed by atoms with van der Waals surface area (Å²) < 4.78 is 5.22. The first-order valence-corrected chi connectivity index (χ1v) is 10.9. The fourth-order valence-corrected chi connectivity index (χ4v) is 4.55. The normalized spacial score (nSPS) is 17.9. The molecule has 0 bridgehead atoms. The second-order valence-corrected chi connectivity index (χ2v) is 8.76. The maximum absolute atomic E-state index is 13.0. The van der Waals surface area contributed by atoms with Gasteiger partial charge in [0.25, 0.3) is 11.7 Å². The van der Waals surface area contributed by atoms with Crippen molar-refractivity contribution in [3.8, 4) is 5.75 Å². The molecule has 2 heterocycles. The van der Waals surface area contributed by atoms with Gasteiger partial charge in [0.15, 0.2) is 0 Å². The number of carbonyl (C=O) groups excluding carboxylic acids is 2. The summed E-state index contributed by atoms with van der Waals surface area (Å²) in [7, 11) is 1.56. The molecule has 158 valence electrons. The van der Waals surface area contributed by atoms with Crippen LogP contribution in [0, 0.1) is 0 Å². The topological polar surface area (TPSA) is 66.8 Å². The molecule has 0 radical (unpaired) electrons. The lowest BCUT2D eigenvalue weighted by molar-refractivity contribution is -0.140. The molecule has 0 aliphatic carbocycles. The number of carbonyl (C=O) groups is 2. The Morgan fingerprint density at radius 1 is 1.10 bits per heavy atom. The molecule has 1 aliphatic heterocycles. The highest BCUT2D eigenvalue weighted by atomic mass is 35.5. The molecule has 1 N–H and O–H groups in total. The lowest BCUT2D eigenvalue weighted by Crippen LogP contribution is -2.28. The number of amides is 1. The molecule has 5 nitrogen and oxygen atoms in total. The zero-order valence-corrected chi connectivity index (χ0v) is 18.7. The number of hydrogen-bond acceptors (Lipinski definition) is 5. The van der Waals surface area contributed by atoms with Crippen molar-refractivity contribution in [1.82, 2.24) is 4.90 Å². The third kappa shape index (κ3) is 4.06. The SMILES string of the molecule is COc1ccc(C2/C(=C(/O)c3ccc(Cl)c(Cl)c3)C(=O)C(=O)N2Cc2cccs2)cc1. The summed E-state index contributed by atoms with van der Waals surface area (Å²) in [6.45, 7) is 0.247. The molecule has 3 aromatic rings. The summed E-state index contributed by atoms with van der Waals surface area (Å²) in [6, 6.07) is 14.6. The van der Waals surface area contributed by atoms with Crippen LogP contribution in [0.1, 0.15) is 22.0 Å². The van der Waals surface area contributed by atoms with Crippen molar-refractivity contribution in [1.29, 1.82) is 0 Å². The molecule has 2 aromatic carbocycles. The Hall–Kier alpha value is -2.80. The van der Waals surface area contributed by atoms with Crippen molar-refractivity contribution in [2.24, 2.45) is 0 Å². The monoisotopic (exact) mass is 473 g/mol. The molecule has 1 aliphatic rings. The smallest absolute Gasteiger partial charge is 0.295 e. The molecule has 1 aromatic heterocycles. The van der Waals surface area contributed by atoms with Gasteiger partial charge in [0.05, 0.1) is 35.3 Å². The van der Waals surface area contributed by atoms with Gasteiger partial charge in [0, 0.05) is 10.4 Å². The van der Waals surface area contributed by atoms with Gasteiger partial charge in [-0.2, -0.15) is 0 Å². The van der Waals surface area contributed by atoms with Crippen LogP contribution < -0.4 is 4.74 Å². The number of benzene rings is 2. The van der Waals surface area contributed by atoms with E-state index in [0.29, 0.717) is 21.9 Å². The number of halogens is 2. The predicted octanol–water partition coefficient (Wildman–Crippen LogP) is 5.69. The fourth-order valence-electron chi connectivity index (χ4n) is 3.55. The Morgan fingerprint density at radius 2 is 1.84 bits per heavy atom. The van der Waals surface area contributed by atoms with Crippen molar-refractivity contribution in [2.75, 3.05) is 7.11 Å². The van der Waals surface area contributed by atoms with Gasteiger partial charge in [-0.15, -0.1) is 11.3 Å². The second kappa shape index (κ2) is 8.75. The number of aliphatic hydroxyl groups excluding tert-OH is 1. The van der Waals surface area contributed by atoms with Gasteiger partial charge >= 0.3 is 0 Å². The molecule has 1 atom stereocenters. The molecule has 1 amide bonds. The van der Waals surface area contributed by atoms with E-state index in [1.807, 2.05) is 17.5 Å². The number of thiophene rings is 1. The fraction of sp³-hybridized carbons (Fsp3) is 0.130. The predicted molar refractivity (Wildman–Crippen MR) is 122 cm³/mol. The third-order valence-corrected chi connectivity index (χ3v) is 6.67. The Bertz CT molecular complexity index is 1170. The van der Waals surface area contributed by atoms with Gasteiger partial charge in [-0.25, -0.2) is 0 Å². The van der Waals surface area contributed by atoms with Gasteiger partial charge in [0.2, 0.25) is 0 Å². The van der Waals surface area contributed by atoms with Crippen LogP contribution in [0.5, 0.6) is 5.75 Å². The second-order valence-electron chi connectivity index (χ2n) is 6.91. The highest BCUT2D eigenvalue weighted by Gasteiger charge is 2.46. The van der Waals surface area contributed by atoms with E-state index in [9.17, 15) is 14.7 Å². The first kappa shape index (κ1) is 21.4. The van der Waals surface area contributed by atoms with Crippen LogP contribution >= 0.6 is 34.5 Å². The molecule has 1 unspecified atom stereocenters. The highest BCUT2D eigenvalue weighted by Crippen LogP contribution is 2.41. The van der Waals surface area contributed by atoms with E-state index in [2.05, 4.69) is 0 Å². The van der Waals surface area contributed by atoms with Crippen LogP contribution in [0.4, 0.5) is 0 Å². The third-order valence-electron chi connectivity index (χ3n) is 5.07. The van der Waals surface area contributed by atoms with Gasteiger partial charge in [-0.1, -0.05) is 41.4 Å². The molecule has 0 saturated carbocycles. The van der Waals surface area contributed by atoms with E-state index in [4.69, 9.17) is 27.9 Å². The summed E-state index contributed by atoms with van der Waals surface area (Å²) in [6.07, 6.45) is 0. The van der Waals surface area contributed by atoms with E-state index < -0.39 is 17.7 Å². The molecule has 1 fully saturated rings. The Balaban J connectivity index is 1.86. The molecule has 1 saturated heterocycles.